The molecule has 0 heterocycles. The molecule has 0 atom stereocenters. The van der Waals surface area contributed by atoms with Crippen LogP contribution in [-0.2, 0) is 9.53 Å². The average Bonchev–Trinajstić information content (AvgIpc) is 2.36. The van der Waals surface area contributed by atoms with Crippen LogP contribution in [-0.4, -0.2) is 32.8 Å². The van der Waals surface area contributed by atoms with Crippen LogP contribution >= 0.6 is 0 Å². The topological polar surface area (TPSA) is 56.8 Å². The van der Waals surface area contributed by atoms with Crippen LogP contribution in [0.4, 0.5) is 5.69 Å². The number of esters is 1. The molecular formula is C13H19NO4. The molecule has 0 spiro atoms. The van der Waals surface area contributed by atoms with E-state index in [9.17, 15) is 4.79 Å². The van der Waals surface area contributed by atoms with Crippen LogP contribution in [0.3, 0.4) is 0 Å². The van der Waals surface area contributed by atoms with E-state index >= 15 is 0 Å². The Bertz CT molecular complexity index is 429. The van der Waals surface area contributed by atoms with Gasteiger partial charge in [-0.25, -0.2) is 4.79 Å². The van der Waals surface area contributed by atoms with Crippen molar-refractivity contribution in [3.05, 3.63) is 18.2 Å². The summed E-state index contributed by atoms with van der Waals surface area (Å²) in [6, 6.07) is 5.35. The summed E-state index contributed by atoms with van der Waals surface area (Å²) in [5.74, 6) is 0.902. The molecule has 100 valence electrons. The summed E-state index contributed by atoms with van der Waals surface area (Å²) in [5.41, 5.74) is -0.0583. The van der Waals surface area contributed by atoms with Crippen molar-refractivity contribution in [1.29, 1.82) is 0 Å². The highest BCUT2D eigenvalue weighted by Crippen LogP contribution is 2.30. The number of ether oxygens (including phenoxy) is 3. The molecule has 0 saturated heterocycles. The van der Waals surface area contributed by atoms with Crippen molar-refractivity contribution < 1.29 is 19.0 Å². The van der Waals surface area contributed by atoms with E-state index in [0.717, 1.165) is 5.69 Å². The molecule has 0 aromatic heterocycles. The second-order valence-electron chi connectivity index (χ2n) is 4.31. The number of hydrogen-bond donors (Lipinski definition) is 1. The maximum absolute atomic E-state index is 11.6. The first-order valence-corrected chi connectivity index (χ1v) is 5.53. The number of anilines is 1. The Morgan fingerprint density at radius 2 is 1.72 bits per heavy atom. The summed E-state index contributed by atoms with van der Waals surface area (Å²) in [6.45, 7) is 3.49. The van der Waals surface area contributed by atoms with Crippen molar-refractivity contribution in [3.63, 3.8) is 0 Å². The van der Waals surface area contributed by atoms with E-state index in [-0.39, 0.29) is 5.97 Å². The van der Waals surface area contributed by atoms with Gasteiger partial charge in [0.1, 0.15) is 5.54 Å². The molecule has 0 aliphatic carbocycles. The largest absolute Gasteiger partial charge is 0.493 e. The first-order chi connectivity index (χ1) is 8.44. The molecule has 18 heavy (non-hydrogen) atoms. The Morgan fingerprint density at radius 3 is 2.22 bits per heavy atom. The monoisotopic (exact) mass is 253 g/mol. The summed E-state index contributed by atoms with van der Waals surface area (Å²) in [4.78, 5) is 11.6. The third-order valence-corrected chi connectivity index (χ3v) is 2.54. The second kappa shape index (κ2) is 5.62. The third kappa shape index (κ3) is 3.06. The lowest BCUT2D eigenvalue weighted by Crippen LogP contribution is -2.41. The zero-order valence-corrected chi connectivity index (χ0v) is 11.4. The predicted octanol–water partition coefficient (Wildman–Crippen LogP) is 2.07. The number of nitrogens with one attached hydrogen (secondary N) is 1. The van der Waals surface area contributed by atoms with Gasteiger partial charge < -0.3 is 19.5 Å². The van der Waals surface area contributed by atoms with Crippen molar-refractivity contribution in [3.8, 4) is 11.5 Å². The van der Waals surface area contributed by atoms with Gasteiger partial charge in [0.2, 0.25) is 0 Å². The van der Waals surface area contributed by atoms with Crippen LogP contribution in [0.5, 0.6) is 11.5 Å². The minimum atomic E-state index is -0.811. The highest BCUT2D eigenvalue weighted by atomic mass is 16.5. The van der Waals surface area contributed by atoms with Crippen molar-refractivity contribution in [1.82, 2.24) is 0 Å². The molecule has 1 aromatic carbocycles. The smallest absolute Gasteiger partial charge is 0.330 e. The molecule has 0 radical (unpaired) electrons. The molecule has 5 nitrogen and oxygen atoms in total. The summed E-state index contributed by atoms with van der Waals surface area (Å²) in [5, 5.41) is 3.08. The second-order valence-corrected chi connectivity index (χ2v) is 4.31. The quantitative estimate of drug-likeness (QED) is 0.814. The first-order valence-electron chi connectivity index (χ1n) is 5.53. The Kier molecular flexibility index (Phi) is 4.42. The first kappa shape index (κ1) is 14.2. The van der Waals surface area contributed by atoms with Gasteiger partial charge in [-0.2, -0.15) is 0 Å². The number of benzene rings is 1. The van der Waals surface area contributed by atoms with Gasteiger partial charge in [0.05, 0.1) is 21.3 Å². The Labute approximate surface area is 107 Å². The Morgan fingerprint density at radius 1 is 1.11 bits per heavy atom. The van der Waals surface area contributed by atoms with E-state index in [1.54, 1.807) is 40.2 Å². The van der Waals surface area contributed by atoms with Crippen LogP contribution < -0.4 is 14.8 Å². The minimum Gasteiger partial charge on any atom is -0.493 e. The van der Waals surface area contributed by atoms with E-state index < -0.39 is 5.54 Å². The molecule has 0 aliphatic rings. The number of hydrogen-bond acceptors (Lipinski definition) is 5. The standard InChI is InChI=1S/C13H19NO4/c1-13(2,12(15)18-5)14-9-6-7-10(16-3)11(8-9)17-4/h6-8,14H,1-5H3. The van der Waals surface area contributed by atoms with Gasteiger partial charge in [-0.05, 0) is 26.0 Å². The van der Waals surface area contributed by atoms with Crippen LogP contribution in [0, 0.1) is 0 Å². The van der Waals surface area contributed by atoms with Crippen molar-refractivity contribution in [2.75, 3.05) is 26.6 Å². The van der Waals surface area contributed by atoms with Gasteiger partial charge in [0, 0.05) is 11.8 Å². The molecule has 1 rings (SSSR count). The van der Waals surface area contributed by atoms with E-state index in [0.29, 0.717) is 11.5 Å². The summed E-state index contributed by atoms with van der Waals surface area (Å²) < 4.78 is 15.1. The fourth-order valence-corrected chi connectivity index (χ4v) is 1.58. The van der Waals surface area contributed by atoms with Gasteiger partial charge in [-0.15, -0.1) is 0 Å². The van der Waals surface area contributed by atoms with Crippen LogP contribution in [0.2, 0.25) is 0 Å². The molecule has 0 saturated carbocycles. The van der Waals surface area contributed by atoms with Crippen molar-refractivity contribution >= 4 is 11.7 Å². The highest BCUT2D eigenvalue weighted by Gasteiger charge is 2.28. The zero-order valence-electron chi connectivity index (χ0n) is 11.4. The molecule has 0 unspecified atom stereocenters. The van der Waals surface area contributed by atoms with Gasteiger partial charge in [0.15, 0.2) is 11.5 Å². The lowest BCUT2D eigenvalue weighted by Gasteiger charge is -2.24. The lowest BCUT2D eigenvalue weighted by molar-refractivity contribution is -0.144. The Hall–Kier alpha value is -1.91. The minimum absolute atomic E-state index is 0.336. The molecule has 0 bridgehead atoms. The average molecular weight is 253 g/mol. The normalized spacial score (nSPS) is 10.7. The van der Waals surface area contributed by atoms with E-state index in [1.807, 2.05) is 6.07 Å². The highest BCUT2D eigenvalue weighted by molar-refractivity contribution is 5.83. The van der Waals surface area contributed by atoms with Crippen molar-refractivity contribution in [2.24, 2.45) is 0 Å². The zero-order chi connectivity index (χ0) is 13.8. The van der Waals surface area contributed by atoms with Gasteiger partial charge in [-0.3, -0.25) is 0 Å². The predicted molar refractivity (Wildman–Crippen MR) is 69.3 cm³/mol. The number of carbonyl (C=O) groups is 1. The molecular weight excluding hydrogens is 234 g/mol. The number of methoxy groups -OCH3 is 3. The summed E-state index contributed by atoms with van der Waals surface area (Å²) >= 11 is 0. The van der Waals surface area contributed by atoms with Crippen molar-refractivity contribution in [2.45, 2.75) is 19.4 Å². The molecule has 1 aromatic rings. The Balaban J connectivity index is 2.95. The van der Waals surface area contributed by atoms with E-state index in [4.69, 9.17) is 14.2 Å². The fourth-order valence-electron chi connectivity index (χ4n) is 1.58. The molecule has 1 N–H and O–H groups in total. The molecule has 0 fully saturated rings. The molecule has 0 aliphatic heterocycles. The van der Waals surface area contributed by atoms with Gasteiger partial charge >= 0.3 is 5.97 Å². The summed E-state index contributed by atoms with van der Waals surface area (Å²) in [6.07, 6.45) is 0. The molecule has 5 heteroatoms. The maximum Gasteiger partial charge on any atom is 0.330 e. The van der Waals surface area contributed by atoms with Gasteiger partial charge in [-0.1, -0.05) is 0 Å². The lowest BCUT2D eigenvalue weighted by atomic mass is 10.1. The SMILES string of the molecule is COC(=O)C(C)(C)Nc1ccc(OC)c(OC)c1. The fraction of sp³-hybridized carbons (Fsp3) is 0.462. The van der Waals surface area contributed by atoms with Crippen LogP contribution in [0.15, 0.2) is 18.2 Å². The third-order valence-electron chi connectivity index (χ3n) is 2.54. The maximum atomic E-state index is 11.6. The number of carbonyl (C=O) groups excluding carboxylic acids is 1. The molecule has 0 amide bonds. The van der Waals surface area contributed by atoms with Crippen LogP contribution in [0.1, 0.15) is 13.8 Å². The van der Waals surface area contributed by atoms with Crippen LogP contribution in [0.25, 0.3) is 0 Å². The van der Waals surface area contributed by atoms with E-state index in [2.05, 4.69) is 5.32 Å². The van der Waals surface area contributed by atoms with Gasteiger partial charge in [0.25, 0.3) is 0 Å². The number of rotatable bonds is 5. The van der Waals surface area contributed by atoms with E-state index in [1.165, 1.54) is 7.11 Å². The summed E-state index contributed by atoms with van der Waals surface area (Å²) in [7, 11) is 4.50.